The zero-order valence-corrected chi connectivity index (χ0v) is 11.4. The molecule has 5 N–H and O–H groups in total. The highest BCUT2D eigenvalue weighted by Crippen LogP contribution is 2.28. The number of nitrogens with two attached hydrogens (primary N) is 2. The van der Waals surface area contributed by atoms with Crippen molar-refractivity contribution >= 4 is 23.2 Å². The number of carbonyl (C=O) groups is 2. The van der Waals surface area contributed by atoms with Gasteiger partial charge in [-0.1, -0.05) is 6.07 Å². The van der Waals surface area contributed by atoms with E-state index in [0.717, 1.165) is 0 Å². The second-order valence-electron chi connectivity index (χ2n) is 4.32. The minimum Gasteiger partial charge on any atom is -0.495 e. The Kier molecular flexibility index (Phi) is 4.08. The number of carbonyl (C=O) groups excluding carboxylic acids is 2. The van der Waals surface area contributed by atoms with Gasteiger partial charge in [-0.05, 0) is 36.4 Å². The van der Waals surface area contributed by atoms with Crippen molar-refractivity contribution < 1.29 is 14.3 Å². The number of rotatable bonds is 4. The van der Waals surface area contributed by atoms with E-state index in [2.05, 4.69) is 5.32 Å². The molecule has 2 aromatic rings. The van der Waals surface area contributed by atoms with E-state index >= 15 is 0 Å². The van der Waals surface area contributed by atoms with E-state index in [1.807, 2.05) is 0 Å². The molecule has 0 aromatic heterocycles. The maximum absolute atomic E-state index is 12.2. The number of benzene rings is 2. The van der Waals surface area contributed by atoms with Gasteiger partial charge >= 0.3 is 0 Å². The van der Waals surface area contributed by atoms with Gasteiger partial charge in [0.05, 0.1) is 18.4 Å². The number of primary amides is 1. The van der Waals surface area contributed by atoms with E-state index in [4.69, 9.17) is 16.2 Å². The molecule has 0 aliphatic heterocycles. The number of nitrogens with one attached hydrogen (secondary N) is 1. The van der Waals surface area contributed by atoms with Gasteiger partial charge < -0.3 is 21.5 Å². The average Bonchev–Trinajstić information content (AvgIpc) is 2.47. The first kappa shape index (κ1) is 14.4. The van der Waals surface area contributed by atoms with E-state index in [1.54, 1.807) is 36.4 Å². The molecule has 0 spiro atoms. The lowest BCUT2D eigenvalue weighted by Gasteiger charge is -2.13. The third-order valence-corrected chi connectivity index (χ3v) is 2.92. The third-order valence-electron chi connectivity index (χ3n) is 2.92. The van der Waals surface area contributed by atoms with Crippen molar-refractivity contribution in [3.8, 4) is 5.75 Å². The summed E-state index contributed by atoms with van der Waals surface area (Å²) in [5.41, 5.74) is 12.3. The van der Waals surface area contributed by atoms with E-state index in [9.17, 15) is 9.59 Å². The van der Waals surface area contributed by atoms with Crippen molar-refractivity contribution in [3.05, 3.63) is 53.6 Å². The molecule has 0 aliphatic rings. The fraction of sp³-hybridized carbons (Fsp3) is 0.0667. The Balaban J connectivity index is 2.36. The quantitative estimate of drug-likeness (QED) is 0.742. The molecule has 2 rings (SSSR count). The molecule has 0 saturated carbocycles. The first-order valence-electron chi connectivity index (χ1n) is 6.16. The topological polar surface area (TPSA) is 107 Å². The van der Waals surface area contributed by atoms with Crippen molar-refractivity contribution in [2.24, 2.45) is 5.73 Å². The maximum atomic E-state index is 12.2. The summed E-state index contributed by atoms with van der Waals surface area (Å²) in [6.45, 7) is 0. The minimum atomic E-state index is -0.651. The zero-order valence-electron chi connectivity index (χ0n) is 11.4. The van der Waals surface area contributed by atoms with Gasteiger partial charge in [-0.25, -0.2) is 0 Å². The van der Waals surface area contributed by atoms with Gasteiger partial charge in [0.2, 0.25) is 0 Å². The first-order chi connectivity index (χ1) is 10.0. The van der Waals surface area contributed by atoms with Crippen LogP contribution in [0.5, 0.6) is 5.75 Å². The van der Waals surface area contributed by atoms with Crippen LogP contribution in [-0.2, 0) is 0 Å². The molecule has 6 heteroatoms. The number of para-hydroxylation sites is 1. The standard InChI is InChI=1S/C15H15N3O3/c1-21-12-4-2-3-11(14(17)19)13(12)18-15(20)9-5-7-10(16)8-6-9/h2-8H,16H2,1H3,(H2,17,19)(H,18,20). The Morgan fingerprint density at radius 2 is 1.76 bits per heavy atom. The van der Waals surface area contributed by atoms with E-state index in [-0.39, 0.29) is 17.2 Å². The van der Waals surface area contributed by atoms with Crippen LogP contribution in [0.4, 0.5) is 11.4 Å². The molecule has 108 valence electrons. The van der Waals surface area contributed by atoms with E-state index < -0.39 is 5.91 Å². The lowest BCUT2D eigenvalue weighted by Crippen LogP contribution is -2.19. The van der Waals surface area contributed by atoms with Crippen LogP contribution in [0.3, 0.4) is 0 Å². The SMILES string of the molecule is COc1cccc(C(N)=O)c1NC(=O)c1ccc(N)cc1. The van der Waals surface area contributed by atoms with Crippen LogP contribution < -0.4 is 21.5 Å². The van der Waals surface area contributed by atoms with Crippen molar-refractivity contribution in [3.63, 3.8) is 0 Å². The zero-order chi connectivity index (χ0) is 15.4. The smallest absolute Gasteiger partial charge is 0.255 e. The van der Waals surface area contributed by atoms with Crippen molar-refractivity contribution in [1.82, 2.24) is 0 Å². The van der Waals surface area contributed by atoms with Gasteiger partial charge in [-0.3, -0.25) is 9.59 Å². The average molecular weight is 285 g/mol. The van der Waals surface area contributed by atoms with Crippen LogP contribution in [0.25, 0.3) is 0 Å². The molecule has 21 heavy (non-hydrogen) atoms. The van der Waals surface area contributed by atoms with Crippen LogP contribution in [0, 0.1) is 0 Å². The Morgan fingerprint density at radius 1 is 1.10 bits per heavy atom. The molecule has 2 aromatic carbocycles. The summed E-state index contributed by atoms with van der Waals surface area (Å²) in [5, 5.41) is 2.64. The number of methoxy groups -OCH3 is 1. The lowest BCUT2D eigenvalue weighted by molar-refractivity contribution is 0.100. The van der Waals surface area contributed by atoms with Crippen molar-refractivity contribution in [1.29, 1.82) is 0 Å². The molecule has 0 atom stereocenters. The molecular formula is C15H15N3O3. The van der Waals surface area contributed by atoms with Crippen LogP contribution >= 0.6 is 0 Å². The summed E-state index contributed by atoms with van der Waals surface area (Å²) in [6, 6.07) is 11.2. The normalized spacial score (nSPS) is 9.95. The predicted molar refractivity (Wildman–Crippen MR) is 80.3 cm³/mol. The fourth-order valence-electron chi connectivity index (χ4n) is 1.86. The summed E-state index contributed by atoms with van der Waals surface area (Å²) in [7, 11) is 1.44. The molecule has 0 radical (unpaired) electrons. The number of nitrogen functional groups attached to an aromatic ring is 1. The maximum Gasteiger partial charge on any atom is 0.255 e. The van der Waals surface area contributed by atoms with Crippen LogP contribution in [-0.4, -0.2) is 18.9 Å². The highest BCUT2D eigenvalue weighted by atomic mass is 16.5. The summed E-state index contributed by atoms with van der Waals surface area (Å²) in [6.07, 6.45) is 0. The van der Waals surface area contributed by atoms with Gasteiger partial charge in [-0.15, -0.1) is 0 Å². The molecule has 0 heterocycles. The summed E-state index contributed by atoms with van der Waals surface area (Å²) >= 11 is 0. The van der Waals surface area contributed by atoms with Crippen molar-refractivity contribution in [2.45, 2.75) is 0 Å². The van der Waals surface area contributed by atoms with Crippen molar-refractivity contribution in [2.75, 3.05) is 18.2 Å². The van der Waals surface area contributed by atoms with Crippen LogP contribution in [0.1, 0.15) is 20.7 Å². The number of hydrogen-bond donors (Lipinski definition) is 3. The largest absolute Gasteiger partial charge is 0.495 e. The second kappa shape index (κ2) is 5.96. The van der Waals surface area contributed by atoms with Gasteiger partial charge in [0, 0.05) is 11.3 Å². The Bertz CT molecular complexity index is 681. The monoisotopic (exact) mass is 285 g/mol. The number of amides is 2. The number of ether oxygens (including phenoxy) is 1. The predicted octanol–water partition coefficient (Wildman–Crippen LogP) is 1.63. The van der Waals surface area contributed by atoms with Gasteiger partial charge in [0.15, 0.2) is 0 Å². The second-order valence-corrected chi connectivity index (χ2v) is 4.32. The Hall–Kier alpha value is -3.02. The molecule has 0 aliphatic carbocycles. The highest BCUT2D eigenvalue weighted by Gasteiger charge is 2.16. The van der Waals surface area contributed by atoms with Gasteiger partial charge in [0.1, 0.15) is 5.75 Å². The third kappa shape index (κ3) is 3.11. The number of hydrogen-bond acceptors (Lipinski definition) is 4. The molecule has 0 bridgehead atoms. The molecular weight excluding hydrogens is 270 g/mol. The minimum absolute atomic E-state index is 0.179. The molecule has 6 nitrogen and oxygen atoms in total. The molecule has 0 saturated heterocycles. The van der Waals surface area contributed by atoms with Gasteiger partial charge in [-0.2, -0.15) is 0 Å². The number of anilines is 2. The molecule has 0 unspecified atom stereocenters. The van der Waals surface area contributed by atoms with Crippen LogP contribution in [0.15, 0.2) is 42.5 Å². The fourth-order valence-corrected chi connectivity index (χ4v) is 1.86. The molecule has 0 fully saturated rings. The lowest BCUT2D eigenvalue weighted by atomic mass is 10.1. The first-order valence-corrected chi connectivity index (χ1v) is 6.16. The van der Waals surface area contributed by atoms with Crippen LogP contribution in [0.2, 0.25) is 0 Å². The highest BCUT2D eigenvalue weighted by molar-refractivity contribution is 6.10. The summed E-state index contributed by atoms with van der Waals surface area (Å²) in [4.78, 5) is 23.7. The van der Waals surface area contributed by atoms with E-state index in [0.29, 0.717) is 17.0 Å². The summed E-state index contributed by atoms with van der Waals surface area (Å²) < 4.78 is 5.15. The summed E-state index contributed by atoms with van der Waals surface area (Å²) in [5.74, 6) is -0.682. The van der Waals surface area contributed by atoms with Gasteiger partial charge in [0.25, 0.3) is 11.8 Å². The molecule has 2 amide bonds. The Labute approximate surface area is 121 Å². The Morgan fingerprint density at radius 3 is 2.33 bits per heavy atom. The van der Waals surface area contributed by atoms with E-state index in [1.165, 1.54) is 13.2 Å².